The number of carbonyl (C=O) groups is 1. The van der Waals surface area contributed by atoms with Crippen LogP contribution in [0.1, 0.15) is 39.0 Å². The van der Waals surface area contributed by atoms with Gasteiger partial charge in [-0.05, 0) is 37.6 Å². The molecule has 7 heteroatoms. The van der Waals surface area contributed by atoms with E-state index in [4.69, 9.17) is 10.00 Å². The van der Waals surface area contributed by atoms with Gasteiger partial charge in [0.25, 0.3) is 5.91 Å². The number of carbonyl (C=O) groups excluding carboxylic acids is 1. The highest BCUT2D eigenvalue weighted by Crippen LogP contribution is 2.26. The third kappa shape index (κ3) is 3.15. The molecule has 0 radical (unpaired) electrons. The zero-order chi connectivity index (χ0) is 19.0. The van der Waals surface area contributed by atoms with Gasteiger partial charge in [-0.2, -0.15) is 10.4 Å². The highest BCUT2D eigenvalue weighted by molar-refractivity contribution is 6.06. The minimum Gasteiger partial charge on any atom is -0.370 e. The van der Waals surface area contributed by atoms with Crippen LogP contribution in [0, 0.1) is 25.2 Å². The molecule has 1 saturated heterocycles. The molecular formula is C20H19N5O2. The third-order valence-electron chi connectivity index (χ3n) is 4.80. The maximum absolute atomic E-state index is 13.3. The predicted molar refractivity (Wildman–Crippen MR) is 99.1 cm³/mol. The summed E-state index contributed by atoms with van der Waals surface area (Å²) in [6, 6.07) is 11.3. The lowest BCUT2D eigenvalue weighted by Crippen LogP contribution is -2.42. The molecule has 0 bridgehead atoms. The van der Waals surface area contributed by atoms with E-state index >= 15 is 0 Å². The van der Waals surface area contributed by atoms with Crippen molar-refractivity contribution in [3.05, 3.63) is 58.4 Å². The summed E-state index contributed by atoms with van der Waals surface area (Å²) in [4.78, 5) is 19.5. The Morgan fingerprint density at radius 3 is 3.04 bits per heavy atom. The van der Waals surface area contributed by atoms with E-state index in [0.29, 0.717) is 36.5 Å². The van der Waals surface area contributed by atoms with E-state index in [0.717, 1.165) is 22.3 Å². The summed E-state index contributed by atoms with van der Waals surface area (Å²) in [6.45, 7) is 5.15. The van der Waals surface area contributed by atoms with Crippen LogP contribution in [0.5, 0.6) is 0 Å². The van der Waals surface area contributed by atoms with Gasteiger partial charge in [-0.25, -0.2) is 4.98 Å². The number of pyridine rings is 1. The predicted octanol–water partition coefficient (Wildman–Crippen LogP) is 2.66. The van der Waals surface area contributed by atoms with E-state index in [1.807, 2.05) is 38.1 Å². The molecule has 1 fully saturated rings. The van der Waals surface area contributed by atoms with Crippen LogP contribution in [0.3, 0.4) is 0 Å². The SMILES string of the molecule is Cc1cc(C(=O)N2CCOC(c3cccc(C#N)c3)C2)c2c(C)[nH]nc2n1. The molecule has 4 rings (SSSR count). The van der Waals surface area contributed by atoms with Gasteiger partial charge < -0.3 is 9.64 Å². The van der Waals surface area contributed by atoms with Crippen molar-refractivity contribution in [2.45, 2.75) is 20.0 Å². The lowest BCUT2D eigenvalue weighted by atomic mass is 10.0. The van der Waals surface area contributed by atoms with Crippen molar-refractivity contribution in [1.82, 2.24) is 20.1 Å². The van der Waals surface area contributed by atoms with Crippen molar-refractivity contribution in [3.8, 4) is 6.07 Å². The van der Waals surface area contributed by atoms with Gasteiger partial charge in [0.05, 0.1) is 35.7 Å². The summed E-state index contributed by atoms with van der Waals surface area (Å²) in [5, 5.41) is 17.0. The Hall–Kier alpha value is -3.24. The first-order valence-corrected chi connectivity index (χ1v) is 8.80. The van der Waals surface area contributed by atoms with Crippen LogP contribution in [0.2, 0.25) is 0 Å². The minimum atomic E-state index is -0.250. The number of nitrogens with one attached hydrogen (secondary N) is 1. The van der Waals surface area contributed by atoms with Gasteiger partial charge in [-0.3, -0.25) is 9.89 Å². The fraction of sp³-hybridized carbons (Fsp3) is 0.300. The molecule has 3 heterocycles. The lowest BCUT2D eigenvalue weighted by molar-refractivity contribution is -0.0227. The Morgan fingerprint density at radius 2 is 2.22 bits per heavy atom. The highest BCUT2D eigenvalue weighted by atomic mass is 16.5. The molecule has 2 aromatic heterocycles. The zero-order valence-corrected chi connectivity index (χ0v) is 15.2. The number of ether oxygens (including phenoxy) is 1. The topological polar surface area (TPSA) is 94.9 Å². The Kier molecular flexibility index (Phi) is 4.34. The molecule has 3 aromatic rings. The number of amides is 1. The fourth-order valence-electron chi connectivity index (χ4n) is 3.48. The molecule has 1 amide bonds. The molecule has 0 spiro atoms. The number of fused-ring (bicyclic) bond motifs is 1. The van der Waals surface area contributed by atoms with E-state index in [1.54, 1.807) is 11.0 Å². The molecule has 1 atom stereocenters. The van der Waals surface area contributed by atoms with Gasteiger partial charge in [0.15, 0.2) is 5.65 Å². The number of morpholine rings is 1. The first kappa shape index (κ1) is 17.2. The Morgan fingerprint density at radius 1 is 1.37 bits per heavy atom. The number of aryl methyl sites for hydroxylation is 2. The molecule has 136 valence electrons. The number of hydrogen-bond donors (Lipinski definition) is 1. The van der Waals surface area contributed by atoms with Gasteiger partial charge in [-0.15, -0.1) is 0 Å². The number of rotatable bonds is 2. The van der Waals surface area contributed by atoms with Crippen LogP contribution < -0.4 is 0 Å². The number of H-pyrrole nitrogens is 1. The highest BCUT2D eigenvalue weighted by Gasteiger charge is 2.28. The summed E-state index contributed by atoms with van der Waals surface area (Å²) < 4.78 is 5.87. The van der Waals surface area contributed by atoms with Crippen LogP contribution >= 0.6 is 0 Å². The first-order chi connectivity index (χ1) is 13.1. The van der Waals surface area contributed by atoms with Crippen molar-refractivity contribution >= 4 is 16.9 Å². The second-order valence-electron chi connectivity index (χ2n) is 6.71. The van der Waals surface area contributed by atoms with Crippen LogP contribution in [0.25, 0.3) is 11.0 Å². The number of aromatic amines is 1. The molecule has 1 aromatic carbocycles. The Labute approximate surface area is 156 Å². The quantitative estimate of drug-likeness (QED) is 0.757. The molecule has 0 saturated carbocycles. The third-order valence-corrected chi connectivity index (χ3v) is 4.80. The standard InChI is InChI=1S/C20H19N5O2/c1-12-8-16(18-13(2)23-24-19(18)22-12)20(26)25-6-7-27-17(11-25)15-5-3-4-14(9-15)10-21/h3-5,8-9,17H,6-7,11H2,1-2H3,(H,22,23,24). The van der Waals surface area contributed by atoms with E-state index in [2.05, 4.69) is 21.3 Å². The number of hydrogen-bond acceptors (Lipinski definition) is 5. The Bertz CT molecular complexity index is 1070. The van der Waals surface area contributed by atoms with E-state index in [9.17, 15) is 4.79 Å². The molecule has 1 aliphatic rings. The van der Waals surface area contributed by atoms with Gasteiger partial charge in [0.1, 0.15) is 6.10 Å². The van der Waals surface area contributed by atoms with Crippen molar-refractivity contribution in [2.75, 3.05) is 19.7 Å². The van der Waals surface area contributed by atoms with Crippen molar-refractivity contribution in [1.29, 1.82) is 5.26 Å². The van der Waals surface area contributed by atoms with Crippen LogP contribution in [0.15, 0.2) is 30.3 Å². The van der Waals surface area contributed by atoms with Gasteiger partial charge in [0, 0.05) is 17.9 Å². The fourth-order valence-corrected chi connectivity index (χ4v) is 3.48. The Balaban J connectivity index is 1.65. The number of nitrogens with zero attached hydrogens (tertiary/aromatic N) is 4. The van der Waals surface area contributed by atoms with Crippen molar-refractivity contribution in [2.24, 2.45) is 0 Å². The summed E-state index contributed by atoms with van der Waals surface area (Å²) >= 11 is 0. The molecule has 7 nitrogen and oxygen atoms in total. The summed E-state index contributed by atoms with van der Waals surface area (Å²) in [5.74, 6) is -0.0558. The minimum absolute atomic E-state index is 0.0558. The monoisotopic (exact) mass is 361 g/mol. The lowest BCUT2D eigenvalue weighted by Gasteiger charge is -2.33. The van der Waals surface area contributed by atoms with Crippen LogP contribution in [0.4, 0.5) is 0 Å². The average molecular weight is 361 g/mol. The van der Waals surface area contributed by atoms with Crippen LogP contribution in [-0.2, 0) is 4.74 Å². The van der Waals surface area contributed by atoms with Gasteiger partial charge >= 0.3 is 0 Å². The number of benzene rings is 1. The first-order valence-electron chi connectivity index (χ1n) is 8.80. The summed E-state index contributed by atoms with van der Waals surface area (Å²) in [5.41, 5.74) is 4.23. The number of nitriles is 1. The second kappa shape index (κ2) is 6.82. The van der Waals surface area contributed by atoms with Crippen molar-refractivity contribution in [3.63, 3.8) is 0 Å². The molecule has 0 aliphatic carbocycles. The maximum Gasteiger partial charge on any atom is 0.254 e. The van der Waals surface area contributed by atoms with E-state index in [-0.39, 0.29) is 12.0 Å². The largest absolute Gasteiger partial charge is 0.370 e. The maximum atomic E-state index is 13.3. The normalized spacial score (nSPS) is 17.1. The molecule has 1 aliphatic heterocycles. The second-order valence-corrected chi connectivity index (χ2v) is 6.71. The molecule has 1 unspecified atom stereocenters. The molecular weight excluding hydrogens is 342 g/mol. The summed E-state index contributed by atoms with van der Waals surface area (Å²) in [6.07, 6.45) is -0.250. The van der Waals surface area contributed by atoms with E-state index in [1.165, 1.54) is 0 Å². The number of aromatic nitrogens is 3. The van der Waals surface area contributed by atoms with Gasteiger partial charge in [-0.1, -0.05) is 12.1 Å². The average Bonchev–Trinajstić information content (AvgIpc) is 3.07. The van der Waals surface area contributed by atoms with Gasteiger partial charge in [0.2, 0.25) is 0 Å². The molecule has 1 N–H and O–H groups in total. The molecule has 27 heavy (non-hydrogen) atoms. The van der Waals surface area contributed by atoms with Crippen molar-refractivity contribution < 1.29 is 9.53 Å². The smallest absolute Gasteiger partial charge is 0.254 e. The summed E-state index contributed by atoms with van der Waals surface area (Å²) in [7, 11) is 0. The van der Waals surface area contributed by atoms with Crippen LogP contribution in [-0.4, -0.2) is 45.7 Å². The zero-order valence-electron chi connectivity index (χ0n) is 15.2. The van der Waals surface area contributed by atoms with E-state index < -0.39 is 0 Å².